The second-order valence-corrected chi connectivity index (χ2v) is 6.73. The first-order chi connectivity index (χ1) is 13.0. The maximum absolute atomic E-state index is 12.5. The molecule has 1 unspecified atom stereocenters. The van der Waals surface area contributed by atoms with Crippen molar-refractivity contribution in [2.45, 2.75) is 44.8 Å². The summed E-state index contributed by atoms with van der Waals surface area (Å²) in [4.78, 5) is 24.1. The monoisotopic (exact) mass is 368 g/mol. The Morgan fingerprint density at radius 3 is 2.63 bits per heavy atom. The third-order valence-electron chi connectivity index (χ3n) is 4.73. The largest absolute Gasteiger partial charge is 0.480 e. The number of hydrogen-bond acceptors (Lipinski definition) is 6. The lowest BCUT2D eigenvalue weighted by Gasteiger charge is -2.19. The molecule has 2 N–H and O–H groups in total. The van der Waals surface area contributed by atoms with Gasteiger partial charge in [-0.15, -0.1) is 10.2 Å². The van der Waals surface area contributed by atoms with Gasteiger partial charge in [0.2, 0.25) is 0 Å². The summed E-state index contributed by atoms with van der Waals surface area (Å²) in [5.74, 6) is 0.134. The number of nitrogens with zero attached hydrogens (tertiary/aromatic N) is 5. The predicted molar refractivity (Wildman–Crippen MR) is 97.3 cm³/mol. The van der Waals surface area contributed by atoms with Gasteiger partial charge in [-0.2, -0.15) is 5.10 Å². The van der Waals surface area contributed by atoms with Crippen molar-refractivity contribution in [2.75, 3.05) is 5.01 Å². The van der Waals surface area contributed by atoms with Crippen LogP contribution in [0.25, 0.3) is 0 Å². The summed E-state index contributed by atoms with van der Waals surface area (Å²) in [6.07, 6.45) is 2.24. The molecule has 1 fully saturated rings. The molecule has 1 aromatic carbocycles. The number of para-hydroxylation sites is 1. The van der Waals surface area contributed by atoms with Crippen LogP contribution >= 0.6 is 0 Å². The second-order valence-electron chi connectivity index (χ2n) is 6.73. The van der Waals surface area contributed by atoms with Gasteiger partial charge in [0.1, 0.15) is 11.5 Å². The Labute approximate surface area is 155 Å². The predicted octanol–water partition coefficient (Wildman–Crippen LogP) is 1.26. The molecule has 1 aromatic heterocycles. The number of carbonyl (C=O) groups is 2. The van der Waals surface area contributed by atoms with Crippen molar-refractivity contribution in [3.8, 4) is 0 Å². The number of aliphatic carboxylic acids is 1. The fourth-order valence-electron chi connectivity index (χ4n) is 3.26. The Morgan fingerprint density at radius 2 is 1.96 bits per heavy atom. The fraction of sp³-hybridized carbons (Fsp3) is 0.389. The van der Waals surface area contributed by atoms with Gasteiger partial charge in [-0.25, -0.2) is 4.79 Å². The maximum atomic E-state index is 12.5. The zero-order valence-corrected chi connectivity index (χ0v) is 14.9. The van der Waals surface area contributed by atoms with E-state index in [1.165, 1.54) is 5.01 Å². The minimum absolute atomic E-state index is 0.0460. The van der Waals surface area contributed by atoms with Gasteiger partial charge in [0, 0.05) is 12.5 Å². The van der Waals surface area contributed by atoms with Crippen molar-refractivity contribution in [3.63, 3.8) is 0 Å². The molecule has 9 heteroatoms. The van der Waals surface area contributed by atoms with Crippen LogP contribution in [0.1, 0.15) is 37.0 Å². The van der Waals surface area contributed by atoms with Crippen LogP contribution in [0.15, 0.2) is 35.4 Å². The van der Waals surface area contributed by atoms with Crippen molar-refractivity contribution in [1.29, 1.82) is 0 Å². The Hall–Kier alpha value is -3.23. The van der Waals surface area contributed by atoms with E-state index in [2.05, 4.69) is 20.6 Å². The third-order valence-corrected chi connectivity index (χ3v) is 4.73. The fourth-order valence-corrected chi connectivity index (χ4v) is 3.26. The van der Waals surface area contributed by atoms with E-state index in [4.69, 9.17) is 0 Å². The Balaban J connectivity index is 1.48. The Bertz CT molecular complexity index is 903. The van der Waals surface area contributed by atoms with E-state index in [9.17, 15) is 14.7 Å². The topological polar surface area (TPSA) is 113 Å². The third kappa shape index (κ3) is 3.40. The lowest BCUT2D eigenvalue weighted by Crippen LogP contribution is -2.35. The summed E-state index contributed by atoms with van der Waals surface area (Å²) in [6, 6.07) is 8.49. The summed E-state index contributed by atoms with van der Waals surface area (Å²) < 4.78 is 2.05. The van der Waals surface area contributed by atoms with E-state index in [1.807, 2.05) is 17.6 Å². The van der Waals surface area contributed by atoms with Crippen molar-refractivity contribution >= 4 is 23.3 Å². The summed E-state index contributed by atoms with van der Waals surface area (Å²) in [5.41, 5.74) is 0.831. The van der Waals surface area contributed by atoms with E-state index < -0.39 is 12.0 Å². The number of rotatable bonds is 6. The highest BCUT2D eigenvalue weighted by Gasteiger charge is 2.36. The molecule has 1 saturated carbocycles. The molecule has 2 aromatic rings. The number of hydrogen-bond donors (Lipinski definition) is 2. The first-order valence-electron chi connectivity index (χ1n) is 8.87. The van der Waals surface area contributed by atoms with Gasteiger partial charge in [0.15, 0.2) is 11.9 Å². The molecule has 0 bridgehead atoms. The molecular weight excluding hydrogens is 348 g/mol. The van der Waals surface area contributed by atoms with E-state index >= 15 is 0 Å². The van der Waals surface area contributed by atoms with Crippen molar-refractivity contribution in [2.24, 2.45) is 5.10 Å². The first kappa shape index (κ1) is 17.2. The summed E-state index contributed by atoms with van der Waals surface area (Å²) in [6.45, 7) is 2.13. The van der Waals surface area contributed by atoms with Gasteiger partial charge in [-0.1, -0.05) is 18.2 Å². The van der Waals surface area contributed by atoms with Crippen LogP contribution in [0.2, 0.25) is 0 Å². The molecule has 0 spiro atoms. The first-order valence-corrected chi connectivity index (χ1v) is 8.87. The van der Waals surface area contributed by atoms with Gasteiger partial charge >= 0.3 is 5.97 Å². The second kappa shape index (κ2) is 6.82. The minimum Gasteiger partial charge on any atom is -0.480 e. The van der Waals surface area contributed by atoms with Crippen LogP contribution < -0.4 is 10.3 Å². The molecule has 0 radical (unpaired) electrons. The van der Waals surface area contributed by atoms with E-state index in [0.29, 0.717) is 17.6 Å². The lowest BCUT2D eigenvalue weighted by molar-refractivity contribution is -0.138. The molecule has 1 amide bonds. The molecule has 2 aliphatic rings. The average Bonchev–Trinajstić information content (AvgIpc) is 3.27. The molecule has 9 nitrogen and oxygen atoms in total. The van der Waals surface area contributed by atoms with Crippen molar-refractivity contribution in [1.82, 2.24) is 20.1 Å². The molecule has 4 rings (SSSR count). The van der Waals surface area contributed by atoms with Gasteiger partial charge < -0.3 is 15.0 Å². The number of nitrogens with one attached hydrogen (secondary N) is 1. The molecule has 0 saturated heterocycles. The van der Waals surface area contributed by atoms with Crippen molar-refractivity contribution in [3.05, 3.63) is 42.0 Å². The highest BCUT2D eigenvalue weighted by atomic mass is 16.4. The number of hydrazone groups is 1. The molecule has 1 aliphatic heterocycles. The lowest BCUT2D eigenvalue weighted by atomic mass is 10.1. The Kier molecular flexibility index (Phi) is 4.35. The van der Waals surface area contributed by atoms with Crippen LogP contribution in [-0.4, -0.2) is 43.5 Å². The maximum Gasteiger partial charge on any atom is 0.328 e. The van der Waals surface area contributed by atoms with E-state index in [-0.39, 0.29) is 24.6 Å². The summed E-state index contributed by atoms with van der Waals surface area (Å²) in [7, 11) is 0. The van der Waals surface area contributed by atoms with Crippen molar-refractivity contribution < 1.29 is 14.7 Å². The number of aromatic nitrogens is 3. The molecule has 1 atom stereocenters. The summed E-state index contributed by atoms with van der Waals surface area (Å²) >= 11 is 0. The Morgan fingerprint density at radius 1 is 1.22 bits per heavy atom. The van der Waals surface area contributed by atoms with Crippen LogP contribution in [0.3, 0.4) is 0 Å². The quantitative estimate of drug-likeness (QED) is 0.794. The minimum atomic E-state index is -1.02. The molecule has 27 heavy (non-hydrogen) atoms. The average molecular weight is 368 g/mol. The number of benzene rings is 1. The van der Waals surface area contributed by atoms with E-state index in [1.54, 1.807) is 24.3 Å². The standard InChI is InChI=1S/C18H20N6O3/c1-11-20-21-16(23(11)12-7-8-12)10-19-17(25)14-9-15(18(26)27)24(22-14)13-5-3-2-4-6-13/h2-6,12,15H,7-10H2,1H3,(H,19,25)(H,26,27). The van der Waals surface area contributed by atoms with Crippen LogP contribution in [-0.2, 0) is 16.1 Å². The van der Waals surface area contributed by atoms with E-state index in [0.717, 1.165) is 18.7 Å². The zero-order chi connectivity index (χ0) is 19.0. The smallest absolute Gasteiger partial charge is 0.328 e. The SMILES string of the molecule is Cc1nnc(CNC(=O)C2=NN(c3ccccc3)C(C(=O)O)C2)n1C1CC1. The van der Waals surface area contributed by atoms with Gasteiger partial charge in [-0.3, -0.25) is 9.80 Å². The number of aryl methyl sites for hydroxylation is 1. The molecule has 140 valence electrons. The highest BCUT2D eigenvalue weighted by molar-refractivity contribution is 6.40. The highest BCUT2D eigenvalue weighted by Crippen LogP contribution is 2.36. The van der Waals surface area contributed by atoms with Gasteiger partial charge in [0.05, 0.1) is 12.2 Å². The zero-order valence-electron chi connectivity index (χ0n) is 14.9. The number of carbonyl (C=O) groups excluding carboxylic acids is 1. The van der Waals surface area contributed by atoms with Gasteiger partial charge in [-0.05, 0) is 31.9 Å². The normalized spacial score (nSPS) is 19.1. The number of carboxylic acids is 1. The van der Waals surface area contributed by atoms with Crippen LogP contribution in [0, 0.1) is 6.92 Å². The summed E-state index contributed by atoms with van der Waals surface area (Å²) in [5, 5.41) is 26.2. The van der Waals surface area contributed by atoms with Gasteiger partial charge in [0.25, 0.3) is 5.91 Å². The number of carboxylic acid groups (broad SMARTS) is 1. The van der Waals surface area contributed by atoms with Crippen LogP contribution in [0.4, 0.5) is 5.69 Å². The van der Waals surface area contributed by atoms with Crippen LogP contribution in [0.5, 0.6) is 0 Å². The number of anilines is 1. The molecule has 1 aliphatic carbocycles. The number of amides is 1. The molecular formula is C18H20N6O3. The molecule has 2 heterocycles.